The lowest BCUT2D eigenvalue weighted by Crippen LogP contribution is -2.33. The number of hydrogen-bond donors (Lipinski definition) is 2. The molecule has 0 bridgehead atoms. The zero-order valence-electron chi connectivity index (χ0n) is 15.7. The van der Waals surface area contributed by atoms with Crippen LogP contribution in [0.3, 0.4) is 0 Å². The largest absolute Gasteiger partial charge is 0.481 e. The van der Waals surface area contributed by atoms with Gasteiger partial charge in [-0.05, 0) is 38.9 Å². The van der Waals surface area contributed by atoms with Gasteiger partial charge in [-0.15, -0.1) is 0 Å². The molecule has 6 heteroatoms. The molecule has 6 nitrogen and oxygen atoms in total. The van der Waals surface area contributed by atoms with Gasteiger partial charge in [0.2, 0.25) is 0 Å². The van der Waals surface area contributed by atoms with Crippen LogP contribution in [0.15, 0.2) is 0 Å². The molecule has 2 N–H and O–H groups in total. The Balaban J connectivity index is 3.99. The number of carbonyl (C=O) groups is 2. The normalized spacial score (nSPS) is 12.2. The number of alkyl carbamates (subject to hydrolysis) is 1. The Labute approximate surface area is 146 Å². The lowest BCUT2D eigenvalue weighted by molar-refractivity contribution is -0.139. The molecular weight excluding hydrogens is 308 g/mol. The molecule has 0 aliphatic heterocycles. The molecule has 1 atom stereocenters. The van der Waals surface area contributed by atoms with E-state index < -0.39 is 18.2 Å². The van der Waals surface area contributed by atoms with Gasteiger partial charge in [0, 0.05) is 6.54 Å². The number of carbonyl (C=O) groups excluding carboxylic acids is 1. The second-order valence-electron chi connectivity index (χ2n) is 6.14. The smallest absolute Gasteiger partial charge is 0.407 e. The SMILES string of the molecule is CCCCCCCC(CC(=O)O)OC(=O)NCCCN(CC)CC. The third kappa shape index (κ3) is 13.2. The molecule has 0 aromatic heterocycles. The van der Waals surface area contributed by atoms with E-state index in [2.05, 4.69) is 31.0 Å². The third-order valence-electron chi connectivity index (χ3n) is 4.12. The number of nitrogens with one attached hydrogen (secondary N) is 1. The van der Waals surface area contributed by atoms with Gasteiger partial charge in [0.1, 0.15) is 6.10 Å². The molecule has 24 heavy (non-hydrogen) atoms. The van der Waals surface area contributed by atoms with E-state index in [4.69, 9.17) is 9.84 Å². The van der Waals surface area contributed by atoms with Gasteiger partial charge in [0.05, 0.1) is 6.42 Å². The number of rotatable bonds is 15. The first-order valence-electron chi connectivity index (χ1n) is 9.42. The van der Waals surface area contributed by atoms with Gasteiger partial charge < -0.3 is 20.1 Å². The molecule has 0 aromatic rings. The van der Waals surface area contributed by atoms with Gasteiger partial charge >= 0.3 is 12.1 Å². The molecule has 0 aliphatic rings. The molecule has 0 rings (SSSR count). The lowest BCUT2D eigenvalue weighted by atomic mass is 10.1. The first-order chi connectivity index (χ1) is 11.5. The molecule has 0 heterocycles. The van der Waals surface area contributed by atoms with Crippen LogP contribution in [0.5, 0.6) is 0 Å². The maximum absolute atomic E-state index is 11.8. The number of ether oxygens (including phenoxy) is 1. The summed E-state index contributed by atoms with van der Waals surface area (Å²) in [5.41, 5.74) is 0. The van der Waals surface area contributed by atoms with E-state index in [9.17, 15) is 9.59 Å². The van der Waals surface area contributed by atoms with Gasteiger partial charge in [-0.1, -0.05) is 46.5 Å². The number of amides is 1. The van der Waals surface area contributed by atoms with Crippen molar-refractivity contribution in [1.82, 2.24) is 10.2 Å². The Kier molecular flexibility index (Phi) is 14.4. The average Bonchev–Trinajstić information content (AvgIpc) is 2.54. The second-order valence-corrected chi connectivity index (χ2v) is 6.14. The van der Waals surface area contributed by atoms with Crippen LogP contribution in [0, 0.1) is 0 Å². The summed E-state index contributed by atoms with van der Waals surface area (Å²) in [7, 11) is 0. The van der Waals surface area contributed by atoms with Crippen LogP contribution in [-0.2, 0) is 9.53 Å². The van der Waals surface area contributed by atoms with Crippen molar-refractivity contribution in [3.63, 3.8) is 0 Å². The fourth-order valence-electron chi connectivity index (χ4n) is 2.60. The number of carboxylic acid groups (broad SMARTS) is 1. The van der Waals surface area contributed by atoms with Crippen molar-refractivity contribution < 1.29 is 19.4 Å². The summed E-state index contributed by atoms with van der Waals surface area (Å²) in [6.45, 7) is 9.86. The van der Waals surface area contributed by atoms with E-state index in [1.807, 2.05) is 0 Å². The third-order valence-corrected chi connectivity index (χ3v) is 4.12. The van der Waals surface area contributed by atoms with Crippen LogP contribution in [0.25, 0.3) is 0 Å². The van der Waals surface area contributed by atoms with Gasteiger partial charge in [0.15, 0.2) is 0 Å². The molecule has 0 saturated carbocycles. The Morgan fingerprint density at radius 1 is 1.04 bits per heavy atom. The van der Waals surface area contributed by atoms with E-state index >= 15 is 0 Å². The Bertz CT molecular complexity index is 333. The summed E-state index contributed by atoms with van der Waals surface area (Å²) < 4.78 is 5.28. The number of carboxylic acids is 1. The molecule has 1 amide bonds. The predicted molar refractivity (Wildman–Crippen MR) is 96.3 cm³/mol. The van der Waals surface area contributed by atoms with Crippen LogP contribution in [-0.4, -0.2) is 54.4 Å². The Morgan fingerprint density at radius 3 is 2.29 bits per heavy atom. The molecule has 0 fully saturated rings. The van der Waals surface area contributed by atoms with Gasteiger partial charge in [-0.2, -0.15) is 0 Å². The van der Waals surface area contributed by atoms with E-state index in [0.717, 1.165) is 45.3 Å². The van der Waals surface area contributed by atoms with Crippen molar-refractivity contribution in [3.8, 4) is 0 Å². The van der Waals surface area contributed by atoms with E-state index in [1.54, 1.807) is 0 Å². The van der Waals surface area contributed by atoms with Crippen LogP contribution < -0.4 is 5.32 Å². The highest BCUT2D eigenvalue weighted by molar-refractivity contribution is 5.70. The molecule has 0 saturated heterocycles. The lowest BCUT2D eigenvalue weighted by Gasteiger charge is -2.19. The van der Waals surface area contributed by atoms with Gasteiger partial charge in [-0.25, -0.2) is 4.79 Å². The average molecular weight is 344 g/mol. The summed E-state index contributed by atoms with van der Waals surface area (Å²) in [5.74, 6) is -0.928. The van der Waals surface area contributed by atoms with Crippen LogP contribution in [0.2, 0.25) is 0 Å². The molecule has 142 valence electrons. The van der Waals surface area contributed by atoms with Crippen molar-refractivity contribution in [2.45, 2.75) is 78.2 Å². The summed E-state index contributed by atoms with van der Waals surface area (Å²) in [4.78, 5) is 25.0. The monoisotopic (exact) mass is 344 g/mol. The highest BCUT2D eigenvalue weighted by Gasteiger charge is 2.17. The maximum Gasteiger partial charge on any atom is 0.407 e. The van der Waals surface area contributed by atoms with Crippen molar-refractivity contribution in [3.05, 3.63) is 0 Å². The van der Waals surface area contributed by atoms with Gasteiger partial charge in [-0.3, -0.25) is 4.79 Å². The zero-order chi connectivity index (χ0) is 18.2. The number of hydrogen-bond acceptors (Lipinski definition) is 4. The van der Waals surface area contributed by atoms with E-state index in [-0.39, 0.29) is 6.42 Å². The predicted octanol–water partition coefficient (Wildman–Crippen LogP) is 3.65. The Hall–Kier alpha value is -1.30. The molecular formula is C18H36N2O4. The van der Waals surface area contributed by atoms with Crippen LogP contribution >= 0.6 is 0 Å². The standard InChI is InChI=1S/C18H36N2O4/c1-4-7-8-9-10-12-16(15-17(21)22)24-18(23)19-13-11-14-20(5-2)6-3/h16H,4-15H2,1-3H3,(H,19,23)(H,21,22). The molecule has 0 radical (unpaired) electrons. The number of unbranched alkanes of at least 4 members (excludes halogenated alkanes) is 4. The highest BCUT2D eigenvalue weighted by atomic mass is 16.6. The fourth-order valence-corrected chi connectivity index (χ4v) is 2.60. The highest BCUT2D eigenvalue weighted by Crippen LogP contribution is 2.12. The maximum atomic E-state index is 11.8. The minimum atomic E-state index is -0.928. The quantitative estimate of drug-likeness (QED) is 0.443. The van der Waals surface area contributed by atoms with Crippen molar-refractivity contribution in [2.24, 2.45) is 0 Å². The summed E-state index contributed by atoms with van der Waals surface area (Å²) >= 11 is 0. The molecule has 0 aliphatic carbocycles. The first kappa shape index (κ1) is 22.7. The minimum Gasteiger partial charge on any atom is -0.481 e. The summed E-state index contributed by atoms with van der Waals surface area (Å²) in [6, 6.07) is 0. The van der Waals surface area contributed by atoms with Crippen LogP contribution in [0.4, 0.5) is 4.79 Å². The number of aliphatic carboxylic acids is 1. The molecule has 0 aromatic carbocycles. The first-order valence-corrected chi connectivity index (χ1v) is 9.42. The topological polar surface area (TPSA) is 78.9 Å². The van der Waals surface area contributed by atoms with Crippen LogP contribution in [0.1, 0.15) is 72.1 Å². The number of nitrogens with zero attached hydrogens (tertiary/aromatic N) is 1. The van der Waals surface area contributed by atoms with E-state index in [0.29, 0.717) is 13.0 Å². The van der Waals surface area contributed by atoms with Crippen molar-refractivity contribution >= 4 is 12.1 Å². The van der Waals surface area contributed by atoms with Gasteiger partial charge in [0.25, 0.3) is 0 Å². The second kappa shape index (κ2) is 15.2. The van der Waals surface area contributed by atoms with Crippen molar-refractivity contribution in [2.75, 3.05) is 26.2 Å². The van der Waals surface area contributed by atoms with Crippen molar-refractivity contribution in [1.29, 1.82) is 0 Å². The summed E-state index contributed by atoms with van der Waals surface area (Å²) in [6.07, 6.45) is 5.77. The fraction of sp³-hybridized carbons (Fsp3) is 0.889. The Morgan fingerprint density at radius 2 is 1.71 bits per heavy atom. The molecule has 0 spiro atoms. The molecule has 1 unspecified atom stereocenters. The zero-order valence-corrected chi connectivity index (χ0v) is 15.7. The minimum absolute atomic E-state index is 0.124. The van der Waals surface area contributed by atoms with E-state index in [1.165, 1.54) is 12.8 Å². The summed E-state index contributed by atoms with van der Waals surface area (Å²) in [5, 5.41) is 11.7.